The summed E-state index contributed by atoms with van der Waals surface area (Å²) in [7, 11) is 0. The molecule has 2 atom stereocenters. The predicted molar refractivity (Wildman–Crippen MR) is 68.4 cm³/mol. The third-order valence-corrected chi connectivity index (χ3v) is 3.82. The number of likely N-dealkylation sites (tertiary alicyclic amines) is 1. The zero-order valence-electron chi connectivity index (χ0n) is 10.00. The van der Waals surface area contributed by atoms with Crippen LogP contribution in [0.3, 0.4) is 0 Å². The lowest BCUT2D eigenvalue weighted by Crippen LogP contribution is -2.47. The van der Waals surface area contributed by atoms with E-state index in [9.17, 15) is 4.39 Å². The number of benzene rings is 1. The average Bonchev–Trinajstić information content (AvgIpc) is 2.30. The van der Waals surface area contributed by atoms with E-state index in [4.69, 9.17) is 17.3 Å². The average molecular weight is 257 g/mol. The largest absolute Gasteiger partial charge is 0.326 e. The van der Waals surface area contributed by atoms with Gasteiger partial charge in [0.25, 0.3) is 0 Å². The van der Waals surface area contributed by atoms with E-state index in [-0.39, 0.29) is 16.9 Å². The summed E-state index contributed by atoms with van der Waals surface area (Å²) in [6.45, 7) is 4.56. The molecule has 0 spiro atoms. The van der Waals surface area contributed by atoms with Crippen LogP contribution in [-0.2, 0) is 6.54 Å². The standard InChI is InChI=1S/C13H18ClFN2/c1-9-5-6-17(8-12(9)16)7-10-3-2-4-11(14)13(10)15/h2-4,9,12H,5-8,16H2,1H3. The van der Waals surface area contributed by atoms with Crippen molar-refractivity contribution >= 4 is 11.6 Å². The third-order valence-electron chi connectivity index (χ3n) is 3.53. The minimum Gasteiger partial charge on any atom is -0.326 e. The van der Waals surface area contributed by atoms with Crippen LogP contribution in [0.25, 0.3) is 0 Å². The van der Waals surface area contributed by atoms with Gasteiger partial charge in [0.05, 0.1) is 5.02 Å². The molecule has 1 aromatic carbocycles. The summed E-state index contributed by atoms with van der Waals surface area (Å²) in [6, 6.07) is 5.33. The Bertz CT molecular complexity index is 397. The van der Waals surface area contributed by atoms with Gasteiger partial charge in [-0.2, -0.15) is 0 Å². The van der Waals surface area contributed by atoms with Gasteiger partial charge in [0.1, 0.15) is 5.82 Å². The van der Waals surface area contributed by atoms with Crippen LogP contribution in [0, 0.1) is 11.7 Å². The summed E-state index contributed by atoms with van der Waals surface area (Å²) in [5, 5.41) is 0.192. The second-order valence-corrected chi connectivity index (χ2v) is 5.29. The van der Waals surface area contributed by atoms with Crippen molar-refractivity contribution in [3.05, 3.63) is 34.6 Å². The molecule has 1 aliphatic rings. The number of rotatable bonds is 2. The van der Waals surface area contributed by atoms with Crippen LogP contribution in [0.15, 0.2) is 18.2 Å². The smallest absolute Gasteiger partial charge is 0.146 e. The topological polar surface area (TPSA) is 29.3 Å². The van der Waals surface area contributed by atoms with Crippen LogP contribution in [0.4, 0.5) is 4.39 Å². The van der Waals surface area contributed by atoms with Gasteiger partial charge in [0.2, 0.25) is 0 Å². The molecule has 94 valence electrons. The molecule has 0 aromatic heterocycles. The fourth-order valence-electron chi connectivity index (χ4n) is 2.22. The van der Waals surface area contributed by atoms with Gasteiger partial charge in [-0.1, -0.05) is 30.7 Å². The SMILES string of the molecule is CC1CCN(Cc2cccc(Cl)c2F)CC1N. The molecule has 0 saturated carbocycles. The number of piperidine rings is 1. The zero-order valence-corrected chi connectivity index (χ0v) is 10.8. The number of nitrogens with zero attached hydrogens (tertiary/aromatic N) is 1. The second kappa shape index (κ2) is 5.34. The molecule has 1 heterocycles. The van der Waals surface area contributed by atoms with E-state index in [1.165, 1.54) is 0 Å². The zero-order chi connectivity index (χ0) is 12.4. The first-order valence-electron chi connectivity index (χ1n) is 5.98. The Morgan fingerprint density at radius 2 is 2.29 bits per heavy atom. The number of halogens is 2. The Labute approximate surface area is 107 Å². The maximum atomic E-state index is 13.7. The van der Waals surface area contributed by atoms with Gasteiger partial charge < -0.3 is 5.73 Å². The van der Waals surface area contributed by atoms with E-state index in [0.717, 1.165) is 19.5 Å². The third kappa shape index (κ3) is 2.97. The fourth-order valence-corrected chi connectivity index (χ4v) is 2.42. The van der Waals surface area contributed by atoms with E-state index in [2.05, 4.69) is 11.8 Å². The Balaban J connectivity index is 2.04. The summed E-state index contributed by atoms with van der Waals surface area (Å²) in [6.07, 6.45) is 1.07. The Morgan fingerprint density at radius 1 is 1.53 bits per heavy atom. The predicted octanol–water partition coefficient (Wildman–Crippen LogP) is 2.65. The number of nitrogens with two attached hydrogens (primary N) is 1. The molecule has 0 radical (unpaired) electrons. The van der Waals surface area contributed by atoms with Gasteiger partial charge in [-0.3, -0.25) is 4.90 Å². The van der Waals surface area contributed by atoms with Crippen molar-refractivity contribution in [2.24, 2.45) is 11.7 Å². The van der Waals surface area contributed by atoms with Gasteiger partial charge in [-0.05, 0) is 24.9 Å². The molecule has 1 aliphatic heterocycles. The highest BCUT2D eigenvalue weighted by atomic mass is 35.5. The van der Waals surface area contributed by atoms with E-state index in [1.54, 1.807) is 18.2 Å². The van der Waals surface area contributed by atoms with Crippen LogP contribution in [0.1, 0.15) is 18.9 Å². The molecule has 2 N–H and O–H groups in total. The highest BCUT2D eigenvalue weighted by Crippen LogP contribution is 2.22. The molecular weight excluding hydrogens is 239 g/mol. The quantitative estimate of drug-likeness (QED) is 0.882. The summed E-state index contributed by atoms with van der Waals surface area (Å²) >= 11 is 5.77. The molecule has 1 fully saturated rings. The van der Waals surface area contributed by atoms with Crippen molar-refractivity contribution in [3.8, 4) is 0 Å². The van der Waals surface area contributed by atoms with Crippen molar-refractivity contribution < 1.29 is 4.39 Å². The molecule has 1 aromatic rings. The fraction of sp³-hybridized carbons (Fsp3) is 0.538. The van der Waals surface area contributed by atoms with E-state index in [0.29, 0.717) is 18.0 Å². The van der Waals surface area contributed by atoms with Crippen molar-refractivity contribution in [3.63, 3.8) is 0 Å². The van der Waals surface area contributed by atoms with E-state index in [1.807, 2.05) is 0 Å². The summed E-state index contributed by atoms with van der Waals surface area (Å²) in [5.41, 5.74) is 6.68. The first-order valence-corrected chi connectivity index (χ1v) is 6.36. The normalized spacial score (nSPS) is 26.1. The first kappa shape index (κ1) is 12.8. The number of hydrogen-bond acceptors (Lipinski definition) is 2. The molecule has 0 bridgehead atoms. The van der Waals surface area contributed by atoms with Gasteiger partial charge in [0, 0.05) is 24.7 Å². The highest BCUT2D eigenvalue weighted by Gasteiger charge is 2.23. The molecule has 0 aliphatic carbocycles. The molecule has 2 rings (SSSR count). The maximum absolute atomic E-state index is 13.7. The first-order chi connectivity index (χ1) is 8.08. The van der Waals surface area contributed by atoms with Gasteiger partial charge in [-0.15, -0.1) is 0 Å². The van der Waals surface area contributed by atoms with Crippen molar-refractivity contribution in [1.29, 1.82) is 0 Å². The monoisotopic (exact) mass is 256 g/mol. The van der Waals surface area contributed by atoms with Crippen LogP contribution in [0.5, 0.6) is 0 Å². The Kier molecular flexibility index (Phi) is 4.02. The lowest BCUT2D eigenvalue weighted by atomic mass is 9.94. The molecular formula is C13H18ClFN2. The van der Waals surface area contributed by atoms with Crippen LogP contribution < -0.4 is 5.73 Å². The van der Waals surface area contributed by atoms with Crippen LogP contribution in [0.2, 0.25) is 5.02 Å². The van der Waals surface area contributed by atoms with Gasteiger partial charge in [0.15, 0.2) is 0 Å². The minimum absolute atomic E-state index is 0.186. The van der Waals surface area contributed by atoms with Crippen molar-refractivity contribution in [2.45, 2.75) is 25.9 Å². The highest BCUT2D eigenvalue weighted by molar-refractivity contribution is 6.30. The van der Waals surface area contributed by atoms with E-state index >= 15 is 0 Å². The maximum Gasteiger partial charge on any atom is 0.146 e. The molecule has 1 saturated heterocycles. The molecule has 2 unspecified atom stereocenters. The summed E-state index contributed by atoms with van der Waals surface area (Å²) in [5.74, 6) is 0.247. The molecule has 0 amide bonds. The van der Waals surface area contributed by atoms with Gasteiger partial charge >= 0.3 is 0 Å². The van der Waals surface area contributed by atoms with Crippen molar-refractivity contribution in [1.82, 2.24) is 4.90 Å². The molecule has 17 heavy (non-hydrogen) atoms. The lowest BCUT2D eigenvalue weighted by Gasteiger charge is -2.35. The van der Waals surface area contributed by atoms with Crippen molar-refractivity contribution in [2.75, 3.05) is 13.1 Å². The van der Waals surface area contributed by atoms with E-state index < -0.39 is 0 Å². The lowest BCUT2D eigenvalue weighted by molar-refractivity contribution is 0.160. The Morgan fingerprint density at radius 3 is 3.00 bits per heavy atom. The molecule has 2 nitrogen and oxygen atoms in total. The Hall–Kier alpha value is -0.640. The summed E-state index contributed by atoms with van der Waals surface area (Å²) < 4.78 is 13.7. The second-order valence-electron chi connectivity index (χ2n) is 4.88. The number of hydrogen-bond donors (Lipinski definition) is 1. The van der Waals surface area contributed by atoms with Gasteiger partial charge in [-0.25, -0.2) is 4.39 Å². The molecule has 4 heteroatoms. The summed E-state index contributed by atoms with van der Waals surface area (Å²) in [4.78, 5) is 2.19. The minimum atomic E-state index is -0.304. The van der Waals surface area contributed by atoms with Crippen LogP contribution >= 0.6 is 11.6 Å². The van der Waals surface area contributed by atoms with Crippen LogP contribution in [-0.4, -0.2) is 24.0 Å².